The molecule has 0 amide bonds. The molecule has 0 bridgehead atoms. The summed E-state index contributed by atoms with van der Waals surface area (Å²) in [7, 11) is 2.32. The average Bonchev–Trinajstić information content (AvgIpc) is 2.67. The van der Waals surface area contributed by atoms with Gasteiger partial charge in [-0.15, -0.1) is 0 Å². The molecule has 2 aromatic rings. The van der Waals surface area contributed by atoms with Crippen molar-refractivity contribution in [3.05, 3.63) is 58.7 Å². The molecule has 0 aliphatic carbocycles. The number of hydrogen-bond donors (Lipinski definition) is 0. The Balaban J connectivity index is 2.41. The predicted octanol–water partition coefficient (Wildman–Crippen LogP) is 5.37. The molecular weight excluding hydrogens is 365 g/mol. The molecule has 2 rings (SSSR count). The molecule has 0 N–H and O–H groups in total. The van der Waals surface area contributed by atoms with Gasteiger partial charge in [0.15, 0.2) is 6.79 Å². The van der Waals surface area contributed by atoms with Gasteiger partial charge in [0.05, 0.1) is 0 Å². The standard InChI is InChI=1S/C24H36NO2P/c1-8-25(9-2)16-20-14-10-13-19(4)23(20)28-24(5,6)21-15-11-12-18(3)22(21)27-17-26-7/h10-15,28H,8-9,16-17H2,1-7H3. The molecule has 0 radical (unpaired) electrons. The maximum absolute atomic E-state index is 5.97. The highest BCUT2D eigenvalue weighted by Gasteiger charge is 2.27. The molecule has 0 saturated heterocycles. The molecule has 4 heteroatoms. The molecule has 0 aliphatic rings. The smallest absolute Gasteiger partial charge is 0.188 e. The molecule has 28 heavy (non-hydrogen) atoms. The van der Waals surface area contributed by atoms with Crippen LogP contribution >= 0.6 is 8.58 Å². The average molecular weight is 402 g/mol. The van der Waals surface area contributed by atoms with Crippen LogP contribution in [-0.4, -0.2) is 31.9 Å². The largest absolute Gasteiger partial charge is 0.467 e. The number of aryl methyl sites for hydroxylation is 2. The Morgan fingerprint density at radius 3 is 2.25 bits per heavy atom. The molecule has 1 unspecified atom stereocenters. The fourth-order valence-corrected chi connectivity index (χ4v) is 5.12. The third kappa shape index (κ3) is 5.56. The van der Waals surface area contributed by atoms with Gasteiger partial charge in [-0.1, -0.05) is 72.7 Å². The molecule has 0 aromatic heterocycles. The summed E-state index contributed by atoms with van der Waals surface area (Å²) in [5.74, 6) is 0.959. The van der Waals surface area contributed by atoms with Gasteiger partial charge in [-0.2, -0.15) is 0 Å². The maximum Gasteiger partial charge on any atom is 0.188 e. The Morgan fingerprint density at radius 1 is 0.964 bits per heavy atom. The Kier molecular flexibility index (Phi) is 8.49. The van der Waals surface area contributed by atoms with Gasteiger partial charge in [-0.25, -0.2) is 0 Å². The lowest BCUT2D eigenvalue weighted by molar-refractivity contribution is 0.0496. The molecule has 0 saturated carbocycles. The van der Waals surface area contributed by atoms with Crippen molar-refractivity contribution >= 4 is 13.9 Å². The first kappa shape index (κ1) is 22.9. The minimum atomic E-state index is -0.0286. The summed E-state index contributed by atoms with van der Waals surface area (Å²) in [5.41, 5.74) is 5.23. The number of methoxy groups -OCH3 is 1. The van der Waals surface area contributed by atoms with Gasteiger partial charge in [0, 0.05) is 24.4 Å². The van der Waals surface area contributed by atoms with E-state index < -0.39 is 0 Å². The maximum atomic E-state index is 5.97. The van der Waals surface area contributed by atoms with Crippen LogP contribution in [0.15, 0.2) is 36.4 Å². The third-order valence-electron chi connectivity index (χ3n) is 5.29. The molecule has 2 aromatic carbocycles. The number of nitrogens with zero attached hydrogens (tertiary/aromatic N) is 1. The summed E-state index contributed by atoms with van der Waals surface area (Å²) in [5, 5.41) is 1.46. The topological polar surface area (TPSA) is 21.7 Å². The number of hydrogen-bond acceptors (Lipinski definition) is 3. The van der Waals surface area contributed by atoms with Gasteiger partial charge in [0.1, 0.15) is 5.75 Å². The van der Waals surface area contributed by atoms with Crippen LogP contribution in [0.5, 0.6) is 5.75 Å². The van der Waals surface area contributed by atoms with E-state index in [9.17, 15) is 0 Å². The number of para-hydroxylation sites is 1. The molecule has 0 fully saturated rings. The van der Waals surface area contributed by atoms with Crippen LogP contribution in [-0.2, 0) is 16.4 Å². The third-order valence-corrected chi connectivity index (χ3v) is 7.15. The molecular formula is C24H36NO2P. The van der Waals surface area contributed by atoms with Gasteiger partial charge in [0.2, 0.25) is 0 Å². The van der Waals surface area contributed by atoms with Gasteiger partial charge >= 0.3 is 0 Å². The lowest BCUT2D eigenvalue weighted by Crippen LogP contribution is -2.27. The van der Waals surface area contributed by atoms with Crippen LogP contribution in [0.2, 0.25) is 0 Å². The van der Waals surface area contributed by atoms with Crippen LogP contribution in [0.3, 0.4) is 0 Å². The highest BCUT2D eigenvalue weighted by Crippen LogP contribution is 2.46. The quantitative estimate of drug-likeness (QED) is 0.395. The normalized spacial score (nSPS) is 12.3. The van der Waals surface area contributed by atoms with Crippen LogP contribution in [0.25, 0.3) is 0 Å². The predicted molar refractivity (Wildman–Crippen MR) is 122 cm³/mol. The van der Waals surface area contributed by atoms with E-state index in [1.165, 1.54) is 22.0 Å². The fraction of sp³-hybridized carbons (Fsp3) is 0.500. The molecule has 154 valence electrons. The van der Waals surface area contributed by atoms with Crippen molar-refractivity contribution in [1.29, 1.82) is 0 Å². The number of rotatable bonds is 10. The lowest BCUT2D eigenvalue weighted by atomic mass is 9.98. The minimum absolute atomic E-state index is 0.0286. The summed E-state index contributed by atoms with van der Waals surface area (Å²) >= 11 is 0. The van der Waals surface area contributed by atoms with E-state index in [1.54, 1.807) is 7.11 Å². The van der Waals surface area contributed by atoms with Crippen molar-refractivity contribution in [1.82, 2.24) is 4.90 Å². The molecule has 3 nitrogen and oxygen atoms in total. The Labute approximate surface area is 173 Å². The van der Waals surface area contributed by atoms with Crippen molar-refractivity contribution in [2.24, 2.45) is 0 Å². The summed E-state index contributed by atoms with van der Waals surface area (Å²) in [4.78, 5) is 2.48. The van der Waals surface area contributed by atoms with Crippen molar-refractivity contribution < 1.29 is 9.47 Å². The molecule has 0 spiro atoms. The van der Waals surface area contributed by atoms with E-state index in [1.807, 2.05) is 0 Å². The lowest BCUT2D eigenvalue weighted by Gasteiger charge is -2.31. The molecule has 1 atom stereocenters. The number of benzene rings is 2. The second kappa shape index (κ2) is 10.4. The summed E-state index contributed by atoms with van der Waals surface area (Å²) < 4.78 is 11.1. The highest BCUT2D eigenvalue weighted by molar-refractivity contribution is 7.48. The van der Waals surface area contributed by atoms with Gasteiger partial charge in [-0.3, -0.25) is 4.90 Å². The van der Waals surface area contributed by atoms with Crippen molar-refractivity contribution in [3.8, 4) is 5.75 Å². The van der Waals surface area contributed by atoms with E-state index in [-0.39, 0.29) is 11.9 Å². The van der Waals surface area contributed by atoms with E-state index in [4.69, 9.17) is 9.47 Å². The first-order valence-corrected chi connectivity index (χ1v) is 11.1. The Hall–Kier alpha value is -1.41. The monoisotopic (exact) mass is 401 g/mol. The first-order chi connectivity index (χ1) is 13.3. The SMILES string of the molecule is CCN(CC)Cc1cccc(C)c1PC(C)(C)c1cccc(C)c1OCOC. The summed E-state index contributed by atoms with van der Waals surface area (Å²) in [6, 6.07) is 13.2. The first-order valence-electron chi connectivity index (χ1n) is 10.1. The van der Waals surface area contributed by atoms with Crippen LogP contribution in [0.4, 0.5) is 0 Å². The van der Waals surface area contributed by atoms with Crippen LogP contribution in [0.1, 0.15) is 49.9 Å². The zero-order valence-electron chi connectivity index (χ0n) is 18.6. The Morgan fingerprint density at radius 2 is 1.61 bits per heavy atom. The van der Waals surface area contributed by atoms with Crippen LogP contribution in [0, 0.1) is 13.8 Å². The highest BCUT2D eigenvalue weighted by atomic mass is 31.1. The Bertz CT molecular complexity index is 769. The summed E-state index contributed by atoms with van der Waals surface area (Å²) in [6.45, 7) is 16.9. The van der Waals surface area contributed by atoms with Crippen molar-refractivity contribution in [3.63, 3.8) is 0 Å². The van der Waals surface area contributed by atoms with Gasteiger partial charge < -0.3 is 9.47 Å². The minimum Gasteiger partial charge on any atom is -0.467 e. The van der Waals surface area contributed by atoms with Crippen molar-refractivity contribution in [2.75, 3.05) is 27.0 Å². The fourth-order valence-electron chi connectivity index (χ4n) is 3.56. The second-order valence-electron chi connectivity index (χ2n) is 7.82. The van der Waals surface area contributed by atoms with Crippen molar-refractivity contribution in [2.45, 2.75) is 53.2 Å². The molecule has 0 aliphatic heterocycles. The van der Waals surface area contributed by atoms with E-state index in [0.717, 1.165) is 30.9 Å². The second-order valence-corrected chi connectivity index (χ2v) is 9.82. The van der Waals surface area contributed by atoms with E-state index in [2.05, 4.69) is 82.8 Å². The summed E-state index contributed by atoms with van der Waals surface area (Å²) in [6.07, 6.45) is 0. The zero-order chi connectivity index (χ0) is 20.7. The number of ether oxygens (including phenoxy) is 2. The van der Waals surface area contributed by atoms with E-state index >= 15 is 0 Å². The molecule has 0 heterocycles. The van der Waals surface area contributed by atoms with E-state index in [0.29, 0.717) is 8.58 Å². The van der Waals surface area contributed by atoms with Gasteiger partial charge in [0.25, 0.3) is 0 Å². The zero-order valence-corrected chi connectivity index (χ0v) is 19.6. The van der Waals surface area contributed by atoms with Crippen LogP contribution < -0.4 is 10.0 Å². The van der Waals surface area contributed by atoms with Gasteiger partial charge in [-0.05, 0) is 48.9 Å².